The molecule has 0 saturated carbocycles. The Morgan fingerprint density at radius 3 is 2.82 bits per heavy atom. The predicted octanol–water partition coefficient (Wildman–Crippen LogP) is 1.07. The number of hydrogen-bond acceptors (Lipinski definition) is 2. The number of carbonyl (C=O) groups excluding carboxylic acids is 1. The molecule has 0 unspecified atom stereocenters. The highest BCUT2D eigenvalue weighted by molar-refractivity contribution is 5.77. The first-order chi connectivity index (χ1) is 5.18. The molecular formula is C6H12N4O. The second kappa shape index (κ2) is 5.56. The highest BCUT2D eigenvalue weighted by Crippen LogP contribution is 1.89. The van der Waals surface area contributed by atoms with Crippen molar-refractivity contribution in [3.05, 3.63) is 10.4 Å². The lowest BCUT2D eigenvalue weighted by Gasteiger charge is -2.04. The van der Waals surface area contributed by atoms with Gasteiger partial charge in [-0.25, -0.2) is 0 Å². The largest absolute Gasteiger partial charge is 0.356 e. The van der Waals surface area contributed by atoms with Crippen LogP contribution in [0.15, 0.2) is 5.11 Å². The van der Waals surface area contributed by atoms with Gasteiger partial charge in [0.15, 0.2) is 0 Å². The van der Waals surface area contributed by atoms with E-state index in [9.17, 15) is 4.79 Å². The standard InChI is InChI=1S/C6H12N4O/c1-5(2)6(11)8-3-4-9-10-7/h5H,3-4H2,1-2H3,(H,8,11). The Hall–Kier alpha value is -1.22. The maximum Gasteiger partial charge on any atom is 0.222 e. The van der Waals surface area contributed by atoms with Gasteiger partial charge in [0.1, 0.15) is 0 Å². The van der Waals surface area contributed by atoms with Crippen LogP contribution < -0.4 is 5.32 Å². The molecule has 0 bridgehead atoms. The summed E-state index contributed by atoms with van der Waals surface area (Å²) in [5.74, 6) is -0.0285. The van der Waals surface area contributed by atoms with Crippen LogP contribution in [0.4, 0.5) is 0 Å². The van der Waals surface area contributed by atoms with Gasteiger partial charge in [-0.1, -0.05) is 19.0 Å². The fraction of sp³-hybridized carbons (Fsp3) is 0.833. The van der Waals surface area contributed by atoms with E-state index >= 15 is 0 Å². The molecule has 1 N–H and O–H groups in total. The molecule has 0 atom stereocenters. The molecule has 0 heterocycles. The lowest BCUT2D eigenvalue weighted by Crippen LogP contribution is -2.29. The molecule has 5 nitrogen and oxygen atoms in total. The Morgan fingerprint density at radius 1 is 1.73 bits per heavy atom. The summed E-state index contributed by atoms with van der Waals surface area (Å²) in [4.78, 5) is 13.4. The Labute approximate surface area is 65.4 Å². The summed E-state index contributed by atoms with van der Waals surface area (Å²) in [5, 5.41) is 5.88. The Balaban J connectivity index is 3.39. The molecule has 11 heavy (non-hydrogen) atoms. The van der Waals surface area contributed by atoms with Gasteiger partial charge in [0.2, 0.25) is 5.91 Å². The second-order valence-corrected chi connectivity index (χ2v) is 2.40. The van der Waals surface area contributed by atoms with Crippen LogP contribution in [0.1, 0.15) is 13.8 Å². The van der Waals surface area contributed by atoms with E-state index in [1.165, 1.54) is 0 Å². The predicted molar refractivity (Wildman–Crippen MR) is 41.9 cm³/mol. The fourth-order valence-corrected chi connectivity index (χ4v) is 0.478. The zero-order chi connectivity index (χ0) is 8.69. The first-order valence-electron chi connectivity index (χ1n) is 3.47. The van der Waals surface area contributed by atoms with E-state index in [1.54, 1.807) is 0 Å². The molecule has 0 aromatic heterocycles. The minimum absolute atomic E-state index is 0.0129. The van der Waals surface area contributed by atoms with Gasteiger partial charge in [0.05, 0.1) is 0 Å². The number of nitrogens with zero attached hydrogens (tertiary/aromatic N) is 3. The third-order valence-electron chi connectivity index (χ3n) is 1.10. The van der Waals surface area contributed by atoms with Crippen LogP contribution in [-0.4, -0.2) is 19.0 Å². The summed E-state index contributed by atoms with van der Waals surface area (Å²) in [6.45, 7) is 4.35. The number of carbonyl (C=O) groups is 1. The Bertz CT molecular complexity index is 171. The van der Waals surface area contributed by atoms with Crippen molar-refractivity contribution in [3.63, 3.8) is 0 Å². The summed E-state index contributed by atoms with van der Waals surface area (Å²) in [6.07, 6.45) is 0. The summed E-state index contributed by atoms with van der Waals surface area (Å²) >= 11 is 0. The maximum atomic E-state index is 10.9. The number of hydrogen-bond donors (Lipinski definition) is 1. The first kappa shape index (κ1) is 9.78. The van der Waals surface area contributed by atoms with Crippen molar-refractivity contribution in [2.45, 2.75) is 13.8 Å². The van der Waals surface area contributed by atoms with Gasteiger partial charge in [-0.3, -0.25) is 4.79 Å². The average Bonchev–Trinajstić information content (AvgIpc) is 1.97. The highest BCUT2D eigenvalue weighted by atomic mass is 16.1. The number of azide groups is 1. The van der Waals surface area contributed by atoms with Crippen molar-refractivity contribution >= 4 is 5.91 Å². The van der Waals surface area contributed by atoms with Gasteiger partial charge < -0.3 is 5.32 Å². The minimum atomic E-state index is -0.0156. The SMILES string of the molecule is CC(C)C(=O)NCCN=[N+]=[N-]. The van der Waals surface area contributed by atoms with E-state index in [-0.39, 0.29) is 11.8 Å². The average molecular weight is 156 g/mol. The van der Waals surface area contributed by atoms with Crippen molar-refractivity contribution < 1.29 is 4.79 Å². The molecule has 0 saturated heterocycles. The molecule has 0 radical (unpaired) electrons. The van der Waals surface area contributed by atoms with Crippen molar-refractivity contribution in [1.29, 1.82) is 0 Å². The van der Waals surface area contributed by atoms with Crippen LogP contribution >= 0.6 is 0 Å². The quantitative estimate of drug-likeness (QED) is 0.281. The molecule has 0 aliphatic carbocycles. The van der Waals surface area contributed by atoms with E-state index in [0.29, 0.717) is 13.1 Å². The summed E-state index contributed by atoms with van der Waals surface area (Å²) < 4.78 is 0. The highest BCUT2D eigenvalue weighted by Gasteiger charge is 2.03. The molecule has 1 amide bonds. The molecule has 0 spiro atoms. The van der Waals surface area contributed by atoms with Crippen molar-refractivity contribution in [3.8, 4) is 0 Å². The van der Waals surface area contributed by atoms with Gasteiger partial charge >= 0.3 is 0 Å². The normalized spacial score (nSPS) is 9.00. The number of rotatable bonds is 4. The van der Waals surface area contributed by atoms with Crippen LogP contribution in [0.2, 0.25) is 0 Å². The van der Waals surface area contributed by atoms with E-state index < -0.39 is 0 Å². The van der Waals surface area contributed by atoms with Crippen LogP contribution in [-0.2, 0) is 4.79 Å². The van der Waals surface area contributed by atoms with E-state index in [1.807, 2.05) is 13.8 Å². The molecular weight excluding hydrogens is 144 g/mol. The third-order valence-corrected chi connectivity index (χ3v) is 1.10. The summed E-state index contributed by atoms with van der Waals surface area (Å²) in [6, 6.07) is 0. The second-order valence-electron chi connectivity index (χ2n) is 2.40. The lowest BCUT2D eigenvalue weighted by atomic mass is 10.2. The molecule has 0 aliphatic rings. The topological polar surface area (TPSA) is 77.9 Å². The van der Waals surface area contributed by atoms with Crippen LogP contribution in [0, 0.1) is 5.92 Å². The van der Waals surface area contributed by atoms with Gasteiger partial charge in [-0.15, -0.1) is 0 Å². The molecule has 0 rings (SSSR count). The van der Waals surface area contributed by atoms with Gasteiger partial charge in [0, 0.05) is 23.9 Å². The van der Waals surface area contributed by atoms with Crippen LogP contribution in [0.25, 0.3) is 10.4 Å². The number of amides is 1. The van der Waals surface area contributed by atoms with E-state index in [4.69, 9.17) is 5.53 Å². The molecule has 0 aromatic carbocycles. The third kappa shape index (κ3) is 5.24. The monoisotopic (exact) mass is 156 g/mol. The van der Waals surface area contributed by atoms with Gasteiger partial charge in [0.25, 0.3) is 0 Å². The lowest BCUT2D eigenvalue weighted by molar-refractivity contribution is -0.123. The van der Waals surface area contributed by atoms with Crippen LogP contribution in [0.3, 0.4) is 0 Å². The van der Waals surface area contributed by atoms with Crippen LogP contribution in [0.5, 0.6) is 0 Å². The maximum absolute atomic E-state index is 10.9. The molecule has 0 fully saturated rings. The van der Waals surface area contributed by atoms with Crippen molar-refractivity contribution in [2.24, 2.45) is 11.0 Å². The Morgan fingerprint density at radius 2 is 2.36 bits per heavy atom. The van der Waals surface area contributed by atoms with Gasteiger partial charge in [-0.05, 0) is 5.53 Å². The van der Waals surface area contributed by atoms with Gasteiger partial charge in [-0.2, -0.15) is 0 Å². The fourth-order valence-electron chi connectivity index (χ4n) is 0.478. The first-order valence-corrected chi connectivity index (χ1v) is 3.47. The molecule has 5 heteroatoms. The molecule has 0 aromatic rings. The van der Waals surface area contributed by atoms with E-state index in [0.717, 1.165) is 0 Å². The molecule has 62 valence electrons. The summed E-state index contributed by atoms with van der Waals surface area (Å²) in [5.41, 5.74) is 7.89. The Kier molecular flexibility index (Phi) is 4.94. The van der Waals surface area contributed by atoms with Crippen molar-refractivity contribution in [1.82, 2.24) is 5.32 Å². The van der Waals surface area contributed by atoms with Crippen molar-refractivity contribution in [2.75, 3.05) is 13.1 Å². The smallest absolute Gasteiger partial charge is 0.222 e. The zero-order valence-corrected chi connectivity index (χ0v) is 6.74. The number of nitrogens with one attached hydrogen (secondary N) is 1. The minimum Gasteiger partial charge on any atom is -0.356 e. The summed E-state index contributed by atoms with van der Waals surface area (Å²) in [7, 11) is 0. The van der Waals surface area contributed by atoms with E-state index in [2.05, 4.69) is 15.3 Å². The molecule has 0 aliphatic heterocycles. The zero-order valence-electron chi connectivity index (χ0n) is 6.74.